The maximum absolute atomic E-state index is 11.5. The van der Waals surface area contributed by atoms with Gasteiger partial charge in [-0.25, -0.2) is 0 Å². The van der Waals surface area contributed by atoms with Crippen molar-refractivity contribution in [3.63, 3.8) is 0 Å². The standard InChI is InChI=1S/C16H24N2O2/c1-11(19)13-6-7-16(20-3)14(8-13)10-18(2)15(9-17)12-4-5-12/h6-8,12,15H,4-5,9-10,17H2,1-3H3. The number of ether oxygens (including phenoxy) is 1. The number of hydrogen-bond acceptors (Lipinski definition) is 4. The molecule has 1 saturated carbocycles. The van der Waals surface area contributed by atoms with Crippen molar-refractivity contribution in [2.24, 2.45) is 11.7 Å². The van der Waals surface area contributed by atoms with Crippen molar-refractivity contribution >= 4 is 5.78 Å². The third-order valence-electron chi connectivity index (χ3n) is 4.08. The minimum absolute atomic E-state index is 0.0779. The van der Waals surface area contributed by atoms with Gasteiger partial charge in [0, 0.05) is 30.3 Å². The van der Waals surface area contributed by atoms with Gasteiger partial charge in [0.25, 0.3) is 0 Å². The van der Waals surface area contributed by atoms with Crippen molar-refractivity contribution in [3.8, 4) is 5.75 Å². The predicted octanol–water partition coefficient (Wildman–Crippen LogP) is 2.07. The minimum Gasteiger partial charge on any atom is -0.496 e. The molecule has 0 radical (unpaired) electrons. The lowest BCUT2D eigenvalue weighted by atomic mass is 10.0. The number of carbonyl (C=O) groups is 1. The van der Waals surface area contributed by atoms with Gasteiger partial charge in [-0.05, 0) is 50.9 Å². The van der Waals surface area contributed by atoms with Gasteiger partial charge in [0.1, 0.15) is 5.75 Å². The molecule has 4 heteroatoms. The second-order valence-corrected chi connectivity index (χ2v) is 5.64. The third-order valence-corrected chi connectivity index (χ3v) is 4.08. The van der Waals surface area contributed by atoms with Crippen molar-refractivity contribution in [2.75, 3.05) is 20.7 Å². The molecule has 0 spiro atoms. The van der Waals surface area contributed by atoms with E-state index in [0.717, 1.165) is 29.3 Å². The molecule has 2 N–H and O–H groups in total. The van der Waals surface area contributed by atoms with Crippen LogP contribution in [0.1, 0.15) is 35.7 Å². The van der Waals surface area contributed by atoms with E-state index in [1.165, 1.54) is 12.8 Å². The molecule has 0 aliphatic heterocycles. The highest BCUT2D eigenvalue weighted by Gasteiger charge is 2.33. The van der Waals surface area contributed by atoms with E-state index in [1.807, 2.05) is 18.2 Å². The molecule has 0 bridgehead atoms. The summed E-state index contributed by atoms with van der Waals surface area (Å²) in [5, 5.41) is 0. The van der Waals surface area contributed by atoms with E-state index in [2.05, 4.69) is 11.9 Å². The van der Waals surface area contributed by atoms with E-state index >= 15 is 0 Å². The highest BCUT2D eigenvalue weighted by molar-refractivity contribution is 5.94. The van der Waals surface area contributed by atoms with E-state index in [9.17, 15) is 4.79 Å². The van der Waals surface area contributed by atoms with Crippen LogP contribution in [0.2, 0.25) is 0 Å². The average molecular weight is 276 g/mol. The summed E-state index contributed by atoms with van der Waals surface area (Å²) in [6.07, 6.45) is 2.55. The number of methoxy groups -OCH3 is 1. The number of hydrogen-bond donors (Lipinski definition) is 1. The summed E-state index contributed by atoms with van der Waals surface area (Å²) >= 11 is 0. The minimum atomic E-state index is 0.0779. The Kier molecular flexibility index (Phi) is 4.78. The normalized spacial score (nSPS) is 16.2. The van der Waals surface area contributed by atoms with Crippen LogP contribution in [0.5, 0.6) is 5.75 Å². The lowest BCUT2D eigenvalue weighted by Gasteiger charge is -2.27. The first-order chi connectivity index (χ1) is 9.56. The predicted molar refractivity (Wildman–Crippen MR) is 80.0 cm³/mol. The first-order valence-electron chi connectivity index (χ1n) is 7.15. The molecule has 0 amide bonds. The fourth-order valence-electron chi connectivity index (χ4n) is 2.72. The van der Waals surface area contributed by atoms with Gasteiger partial charge < -0.3 is 10.5 Å². The largest absolute Gasteiger partial charge is 0.496 e. The van der Waals surface area contributed by atoms with Crippen LogP contribution in [0.15, 0.2) is 18.2 Å². The van der Waals surface area contributed by atoms with Crippen LogP contribution >= 0.6 is 0 Å². The maximum Gasteiger partial charge on any atom is 0.159 e. The monoisotopic (exact) mass is 276 g/mol. The average Bonchev–Trinajstić information content (AvgIpc) is 3.24. The highest BCUT2D eigenvalue weighted by atomic mass is 16.5. The van der Waals surface area contributed by atoms with Gasteiger partial charge in [0.15, 0.2) is 5.78 Å². The van der Waals surface area contributed by atoms with Crippen molar-refractivity contribution in [2.45, 2.75) is 32.4 Å². The Bertz CT molecular complexity index is 483. The fourth-order valence-corrected chi connectivity index (χ4v) is 2.72. The zero-order valence-electron chi connectivity index (χ0n) is 12.6. The number of Topliss-reactive ketones (excluding diaryl/α,β-unsaturated/α-hetero) is 1. The van der Waals surface area contributed by atoms with Crippen LogP contribution in [-0.4, -0.2) is 37.4 Å². The summed E-state index contributed by atoms with van der Waals surface area (Å²) in [5.41, 5.74) is 7.66. The topological polar surface area (TPSA) is 55.6 Å². The quantitative estimate of drug-likeness (QED) is 0.775. The van der Waals surface area contributed by atoms with Crippen LogP contribution in [-0.2, 0) is 6.54 Å². The summed E-state index contributed by atoms with van der Waals surface area (Å²) < 4.78 is 5.40. The van der Waals surface area contributed by atoms with E-state index < -0.39 is 0 Å². The Morgan fingerprint density at radius 2 is 2.20 bits per heavy atom. The molecule has 110 valence electrons. The van der Waals surface area contributed by atoms with Gasteiger partial charge in [0.2, 0.25) is 0 Å². The molecule has 1 atom stereocenters. The Hall–Kier alpha value is -1.39. The number of nitrogens with zero attached hydrogens (tertiary/aromatic N) is 1. The zero-order chi connectivity index (χ0) is 14.7. The molecule has 1 aromatic carbocycles. The Morgan fingerprint density at radius 1 is 1.50 bits per heavy atom. The van der Waals surface area contributed by atoms with Gasteiger partial charge in [-0.2, -0.15) is 0 Å². The molecule has 1 fully saturated rings. The molecule has 0 aromatic heterocycles. The van der Waals surface area contributed by atoms with Gasteiger partial charge in [0.05, 0.1) is 7.11 Å². The van der Waals surface area contributed by atoms with Crippen molar-refractivity contribution in [3.05, 3.63) is 29.3 Å². The summed E-state index contributed by atoms with van der Waals surface area (Å²) in [5.74, 6) is 1.63. The van der Waals surface area contributed by atoms with Crippen LogP contribution in [0.3, 0.4) is 0 Å². The zero-order valence-corrected chi connectivity index (χ0v) is 12.6. The molecular weight excluding hydrogens is 252 g/mol. The molecule has 1 aromatic rings. The van der Waals surface area contributed by atoms with Crippen molar-refractivity contribution in [1.82, 2.24) is 4.90 Å². The first-order valence-corrected chi connectivity index (χ1v) is 7.15. The third kappa shape index (κ3) is 3.38. The highest BCUT2D eigenvalue weighted by Crippen LogP contribution is 2.35. The number of ketones is 1. The number of likely N-dealkylation sites (N-methyl/N-ethyl adjacent to an activating group) is 1. The molecule has 20 heavy (non-hydrogen) atoms. The molecule has 1 aliphatic carbocycles. The fraction of sp³-hybridized carbons (Fsp3) is 0.562. The molecule has 0 heterocycles. The van der Waals surface area contributed by atoms with Gasteiger partial charge in [-0.15, -0.1) is 0 Å². The van der Waals surface area contributed by atoms with Gasteiger partial charge in [-0.3, -0.25) is 9.69 Å². The molecule has 1 aliphatic rings. The number of rotatable bonds is 7. The van der Waals surface area contributed by atoms with Crippen LogP contribution in [0.4, 0.5) is 0 Å². The lowest BCUT2D eigenvalue weighted by molar-refractivity contribution is 0.101. The maximum atomic E-state index is 11.5. The SMILES string of the molecule is COc1ccc(C(C)=O)cc1CN(C)C(CN)C1CC1. The van der Waals surface area contributed by atoms with E-state index in [4.69, 9.17) is 10.5 Å². The van der Waals surface area contributed by atoms with Crippen molar-refractivity contribution < 1.29 is 9.53 Å². The summed E-state index contributed by atoms with van der Waals surface area (Å²) in [4.78, 5) is 13.8. The van der Waals surface area contributed by atoms with E-state index in [0.29, 0.717) is 12.6 Å². The molecule has 1 unspecified atom stereocenters. The summed E-state index contributed by atoms with van der Waals surface area (Å²) in [7, 11) is 3.75. The number of benzene rings is 1. The van der Waals surface area contributed by atoms with Crippen LogP contribution < -0.4 is 10.5 Å². The summed E-state index contributed by atoms with van der Waals surface area (Å²) in [6, 6.07) is 6.03. The molecule has 0 saturated heterocycles. The second-order valence-electron chi connectivity index (χ2n) is 5.64. The Labute approximate surface area is 120 Å². The van der Waals surface area contributed by atoms with E-state index in [-0.39, 0.29) is 5.78 Å². The summed E-state index contributed by atoms with van der Waals surface area (Å²) in [6.45, 7) is 3.01. The van der Waals surface area contributed by atoms with Crippen LogP contribution in [0.25, 0.3) is 0 Å². The first kappa shape index (κ1) is 15.0. The molecule has 2 rings (SSSR count). The molecule has 4 nitrogen and oxygen atoms in total. The Balaban J connectivity index is 2.17. The molecular formula is C16H24N2O2. The smallest absolute Gasteiger partial charge is 0.159 e. The Morgan fingerprint density at radius 3 is 2.70 bits per heavy atom. The van der Waals surface area contributed by atoms with Gasteiger partial charge in [-0.1, -0.05) is 0 Å². The number of nitrogens with two attached hydrogens (primary N) is 1. The lowest BCUT2D eigenvalue weighted by Crippen LogP contribution is -2.39. The van der Waals surface area contributed by atoms with Crippen molar-refractivity contribution in [1.29, 1.82) is 0 Å². The second kappa shape index (κ2) is 6.37. The number of carbonyl (C=O) groups excluding carboxylic acids is 1. The van der Waals surface area contributed by atoms with Crippen LogP contribution in [0, 0.1) is 5.92 Å². The van der Waals surface area contributed by atoms with E-state index in [1.54, 1.807) is 14.0 Å². The van der Waals surface area contributed by atoms with Gasteiger partial charge >= 0.3 is 0 Å².